The summed E-state index contributed by atoms with van der Waals surface area (Å²) in [5.74, 6) is 1.80. The zero-order valence-electron chi connectivity index (χ0n) is 20.0. The van der Waals surface area contributed by atoms with Crippen molar-refractivity contribution >= 4 is 34.2 Å². The zero-order valence-corrected chi connectivity index (χ0v) is 20.0. The minimum atomic E-state index is 0.403. The Labute approximate surface area is 209 Å². The van der Waals surface area contributed by atoms with E-state index in [-0.39, 0.29) is 0 Å². The number of rotatable bonds is 5. The van der Waals surface area contributed by atoms with Crippen molar-refractivity contribution in [3.05, 3.63) is 49.1 Å². The van der Waals surface area contributed by atoms with E-state index in [1.54, 1.807) is 6.33 Å². The van der Waals surface area contributed by atoms with E-state index in [0.717, 1.165) is 97.7 Å². The fourth-order valence-corrected chi connectivity index (χ4v) is 5.58. The van der Waals surface area contributed by atoms with Crippen molar-refractivity contribution in [1.82, 2.24) is 30.2 Å². The van der Waals surface area contributed by atoms with Crippen LogP contribution in [0.1, 0.15) is 12.8 Å². The number of nitrogens with one attached hydrogen (secondary N) is 3. The summed E-state index contributed by atoms with van der Waals surface area (Å²) in [5.41, 5.74) is 4.85. The molecular weight excluding hydrogens is 454 g/mol. The summed E-state index contributed by atoms with van der Waals surface area (Å²) < 4.78 is 5.77. The highest BCUT2D eigenvalue weighted by molar-refractivity contribution is 5.92. The smallest absolute Gasteiger partial charge is 0.225 e. The molecule has 2 unspecified atom stereocenters. The van der Waals surface area contributed by atoms with Gasteiger partial charge in [0.05, 0.1) is 48.8 Å². The van der Waals surface area contributed by atoms with Crippen LogP contribution in [0.5, 0.6) is 0 Å². The van der Waals surface area contributed by atoms with Crippen LogP contribution in [0.2, 0.25) is 0 Å². The molecule has 0 aliphatic carbocycles. The van der Waals surface area contributed by atoms with Gasteiger partial charge in [0.2, 0.25) is 5.95 Å². The van der Waals surface area contributed by atoms with Crippen LogP contribution in [0.3, 0.4) is 0 Å². The summed E-state index contributed by atoms with van der Waals surface area (Å²) in [5, 5.41) is 7.82. The molecule has 3 fully saturated rings. The first-order valence-corrected chi connectivity index (χ1v) is 12.7. The Morgan fingerprint density at radius 3 is 2.39 bits per heavy atom. The highest BCUT2D eigenvalue weighted by Gasteiger charge is 2.39. The number of nitrogens with zero attached hydrogens (tertiary/aromatic N) is 6. The van der Waals surface area contributed by atoms with E-state index in [0.29, 0.717) is 12.1 Å². The van der Waals surface area contributed by atoms with Crippen molar-refractivity contribution in [3.8, 4) is 11.3 Å². The second-order valence-corrected chi connectivity index (χ2v) is 9.68. The Hall–Kier alpha value is -3.76. The number of aromatic amines is 1. The highest BCUT2D eigenvalue weighted by atomic mass is 16.5. The predicted molar refractivity (Wildman–Crippen MR) is 140 cm³/mol. The molecule has 1 aromatic carbocycles. The van der Waals surface area contributed by atoms with E-state index in [2.05, 4.69) is 75.7 Å². The average Bonchev–Trinajstić information content (AvgIpc) is 3.47. The van der Waals surface area contributed by atoms with Gasteiger partial charge in [0.1, 0.15) is 17.8 Å². The van der Waals surface area contributed by atoms with Gasteiger partial charge >= 0.3 is 0 Å². The molecule has 6 heterocycles. The molecule has 36 heavy (non-hydrogen) atoms. The number of hydrogen-bond acceptors (Lipinski definition) is 9. The van der Waals surface area contributed by atoms with Crippen molar-refractivity contribution in [2.75, 3.05) is 54.5 Å². The lowest BCUT2D eigenvalue weighted by atomic mass is 10.1. The molecule has 0 radical (unpaired) electrons. The third-order valence-corrected chi connectivity index (χ3v) is 7.41. The molecule has 0 saturated carbocycles. The van der Waals surface area contributed by atoms with Crippen LogP contribution in [-0.4, -0.2) is 76.4 Å². The van der Waals surface area contributed by atoms with E-state index in [9.17, 15) is 0 Å². The number of ether oxygens (including phenoxy) is 1. The van der Waals surface area contributed by atoms with Crippen molar-refractivity contribution in [3.63, 3.8) is 0 Å². The molecule has 3 aliphatic heterocycles. The predicted octanol–water partition coefficient (Wildman–Crippen LogP) is 2.94. The number of aromatic nitrogens is 5. The molecular formula is C26H29N9O. The number of morpholine rings is 1. The van der Waals surface area contributed by atoms with Gasteiger partial charge in [0.15, 0.2) is 0 Å². The van der Waals surface area contributed by atoms with Gasteiger partial charge in [-0.1, -0.05) is 12.1 Å². The summed E-state index contributed by atoms with van der Waals surface area (Å²) in [7, 11) is 0. The van der Waals surface area contributed by atoms with Gasteiger partial charge < -0.3 is 30.2 Å². The lowest BCUT2D eigenvalue weighted by molar-refractivity contribution is 0.0904. The van der Waals surface area contributed by atoms with Gasteiger partial charge in [-0.3, -0.25) is 0 Å². The summed E-state index contributed by atoms with van der Waals surface area (Å²) in [6.07, 6.45) is 7.66. The summed E-state index contributed by atoms with van der Waals surface area (Å²) in [6.45, 7) is 5.35. The van der Waals surface area contributed by atoms with Gasteiger partial charge in [0.25, 0.3) is 0 Å². The fraction of sp³-hybridized carbons (Fsp3) is 0.385. The van der Waals surface area contributed by atoms with Crippen LogP contribution in [-0.2, 0) is 4.74 Å². The molecule has 3 N–H and O–H groups in total. The second kappa shape index (κ2) is 9.03. The first kappa shape index (κ1) is 21.5. The van der Waals surface area contributed by atoms with E-state index in [4.69, 9.17) is 4.74 Å². The van der Waals surface area contributed by atoms with Crippen LogP contribution in [0.4, 0.5) is 23.1 Å². The highest BCUT2D eigenvalue weighted by Crippen LogP contribution is 2.37. The van der Waals surface area contributed by atoms with Crippen LogP contribution < -0.4 is 20.4 Å². The molecule has 10 nitrogen and oxygen atoms in total. The molecule has 0 spiro atoms. The average molecular weight is 484 g/mol. The molecule has 3 saturated heterocycles. The minimum Gasteiger partial charge on any atom is -0.377 e. The Morgan fingerprint density at radius 1 is 0.889 bits per heavy atom. The second-order valence-electron chi connectivity index (χ2n) is 9.68. The quantitative estimate of drug-likeness (QED) is 0.395. The maximum Gasteiger partial charge on any atom is 0.225 e. The maximum atomic E-state index is 5.77. The van der Waals surface area contributed by atoms with Gasteiger partial charge in [-0.05, 0) is 36.6 Å². The zero-order chi connectivity index (χ0) is 23.9. The Morgan fingerprint density at radius 2 is 1.64 bits per heavy atom. The number of hydrogen-bond donors (Lipinski definition) is 3. The first-order valence-electron chi connectivity index (χ1n) is 12.7. The summed E-state index contributed by atoms with van der Waals surface area (Å²) in [4.78, 5) is 26.4. The Balaban J connectivity index is 1.09. The number of H-pyrrole nitrogens is 1. The van der Waals surface area contributed by atoms with Gasteiger partial charge in [0, 0.05) is 37.6 Å². The maximum absolute atomic E-state index is 5.77. The van der Waals surface area contributed by atoms with Crippen molar-refractivity contribution in [2.45, 2.75) is 24.9 Å². The van der Waals surface area contributed by atoms with Crippen molar-refractivity contribution in [2.24, 2.45) is 0 Å². The number of anilines is 4. The van der Waals surface area contributed by atoms with E-state index in [1.165, 1.54) is 0 Å². The Bertz CT molecular complexity index is 1330. The van der Waals surface area contributed by atoms with Crippen LogP contribution in [0.25, 0.3) is 22.3 Å². The molecule has 4 aromatic rings. The molecule has 3 aromatic heterocycles. The first-order chi connectivity index (χ1) is 17.8. The number of fused-ring (bicyclic) bond motifs is 3. The van der Waals surface area contributed by atoms with E-state index in [1.807, 2.05) is 12.4 Å². The fourth-order valence-electron chi connectivity index (χ4n) is 5.58. The van der Waals surface area contributed by atoms with E-state index >= 15 is 0 Å². The topological polar surface area (TPSA) is 107 Å². The molecule has 2 atom stereocenters. The lowest BCUT2D eigenvalue weighted by Crippen LogP contribution is -2.46. The normalized spacial score (nSPS) is 21.8. The third-order valence-electron chi connectivity index (χ3n) is 7.41. The lowest BCUT2D eigenvalue weighted by Gasteiger charge is -2.35. The number of piperazine rings is 1. The van der Waals surface area contributed by atoms with Crippen molar-refractivity contribution in [1.29, 1.82) is 0 Å². The SMILES string of the molecule is c1nc(N2C3CCC2COC3)c2cc(-c3ccc(Nc4cnc(N5CCNCC5)nc4)cc3)[nH]c2n1. The summed E-state index contributed by atoms with van der Waals surface area (Å²) >= 11 is 0. The Kier molecular flexibility index (Phi) is 5.40. The number of benzene rings is 1. The molecule has 3 aliphatic rings. The minimum absolute atomic E-state index is 0.403. The summed E-state index contributed by atoms with van der Waals surface area (Å²) in [6, 6.07) is 11.3. The molecule has 0 amide bonds. The molecule has 184 valence electrons. The molecule has 10 heteroatoms. The van der Waals surface area contributed by atoms with Crippen LogP contribution in [0.15, 0.2) is 49.1 Å². The third kappa shape index (κ3) is 3.92. The van der Waals surface area contributed by atoms with Crippen LogP contribution in [0, 0.1) is 0 Å². The van der Waals surface area contributed by atoms with Gasteiger partial charge in [-0.2, -0.15) is 0 Å². The van der Waals surface area contributed by atoms with Crippen molar-refractivity contribution < 1.29 is 4.74 Å². The molecule has 2 bridgehead atoms. The largest absolute Gasteiger partial charge is 0.377 e. The van der Waals surface area contributed by atoms with Gasteiger partial charge in [-0.15, -0.1) is 0 Å². The van der Waals surface area contributed by atoms with Gasteiger partial charge in [-0.25, -0.2) is 19.9 Å². The van der Waals surface area contributed by atoms with Crippen LogP contribution >= 0.6 is 0 Å². The molecule has 7 rings (SSSR count). The standard InChI is InChI=1S/C26H29N9O/c1-3-18(32-19-12-28-26(29-13-19)34-9-7-27-8-10-34)4-2-17(1)23-11-22-24(33-23)30-16-31-25(22)35-20-5-6-21(35)15-36-14-20/h1-4,11-13,16,20-21,27,32H,5-10,14-15H2,(H,30,31,33). The monoisotopic (exact) mass is 483 g/mol. The van der Waals surface area contributed by atoms with E-state index < -0.39 is 0 Å².